The first-order chi connectivity index (χ1) is 16.6. The quantitative estimate of drug-likeness (QED) is 0.502. The van der Waals surface area contributed by atoms with Crippen LogP contribution in [0.25, 0.3) is 0 Å². The van der Waals surface area contributed by atoms with Crippen molar-refractivity contribution in [2.75, 3.05) is 7.11 Å². The van der Waals surface area contributed by atoms with Crippen LogP contribution in [-0.2, 0) is 11.3 Å². The van der Waals surface area contributed by atoms with Crippen molar-refractivity contribution < 1.29 is 14.3 Å². The number of para-hydroxylation sites is 1. The fourth-order valence-electron chi connectivity index (χ4n) is 3.70. The Hall–Kier alpha value is -4.77. The predicted molar refractivity (Wildman–Crippen MR) is 126 cm³/mol. The molecular formula is C26H23N5O3. The molecular weight excluding hydrogens is 430 g/mol. The van der Waals surface area contributed by atoms with E-state index in [9.17, 15) is 10.1 Å². The van der Waals surface area contributed by atoms with Gasteiger partial charge in [0.1, 0.15) is 17.4 Å². The molecule has 0 spiro atoms. The highest BCUT2D eigenvalue weighted by Gasteiger charge is 2.36. The Labute approximate surface area is 197 Å². The number of aromatic nitrogens is 1. The maximum absolute atomic E-state index is 13.1. The van der Waals surface area contributed by atoms with Crippen molar-refractivity contribution in [2.24, 2.45) is 5.73 Å². The summed E-state index contributed by atoms with van der Waals surface area (Å²) in [6.45, 7) is 0.363. The molecule has 170 valence electrons. The topological polar surface area (TPSA) is 122 Å². The van der Waals surface area contributed by atoms with Gasteiger partial charge in [0, 0.05) is 30.1 Å². The first-order valence-corrected chi connectivity index (χ1v) is 10.6. The average Bonchev–Trinajstić information content (AvgIpc) is 2.89. The standard InChI is InChI=1S/C26H23N5O3/c1-33-21-12-6-5-11-19(21)22-20(14-27)24(28)34-26(30-16-17-8-7-13-29-15-17)23(22)31-25(32)18-9-3-2-4-10-18/h2-13,15,22,30H,16,28H2,1H3,(H,31,32). The van der Waals surface area contributed by atoms with Crippen molar-refractivity contribution in [2.45, 2.75) is 12.5 Å². The van der Waals surface area contributed by atoms with Crippen LogP contribution in [0.4, 0.5) is 0 Å². The summed E-state index contributed by atoms with van der Waals surface area (Å²) >= 11 is 0. The number of nitriles is 1. The maximum Gasteiger partial charge on any atom is 0.255 e. The third-order valence-corrected chi connectivity index (χ3v) is 5.33. The van der Waals surface area contributed by atoms with Gasteiger partial charge in [-0.1, -0.05) is 42.5 Å². The number of nitrogens with two attached hydrogens (primary N) is 1. The highest BCUT2D eigenvalue weighted by atomic mass is 16.5. The molecule has 1 aliphatic rings. The van der Waals surface area contributed by atoms with Crippen LogP contribution in [-0.4, -0.2) is 18.0 Å². The first-order valence-electron chi connectivity index (χ1n) is 10.6. The maximum atomic E-state index is 13.1. The van der Waals surface area contributed by atoms with Gasteiger partial charge in [-0.3, -0.25) is 9.78 Å². The minimum Gasteiger partial charge on any atom is -0.496 e. The van der Waals surface area contributed by atoms with E-state index >= 15 is 0 Å². The molecule has 2 aromatic carbocycles. The van der Waals surface area contributed by atoms with Crippen LogP contribution in [0, 0.1) is 11.3 Å². The predicted octanol–water partition coefficient (Wildman–Crippen LogP) is 3.29. The summed E-state index contributed by atoms with van der Waals surface area (Å²) < 4.78 is 11.4. The molecule has 3 aromatic rings. The number of nitrogens with one attached hydrogen (secondary N) is 2. The van der Waals surface area contributed by atoms with E-state index in [-0.39, 0.29) is 23.2 Å². The molecule has 4 N–H and O–H groups in total. The van der Waals surface area contributed by atoms with Gasteiger partial charge in [0.25, 0.3) is 5.91 Å². The van der Waals surface area contributed by atoms with Gasteiger partial charge >= 0.3 is 0 Å². The van der Waals surface area contributed by atoms with Gasteiger partial charge in [-0.2, -0.15) is 5.26 Å². The van der Waals surface area contributed by atoms with Gasteiger partial charge in [0.2, 0.25) is 11.8 Å². The van der Waals surface area contributed by atoms with Gasteiger partial charge in [0.05, 0.1) is 18.7 Å². The lowest BCUT2D eigenvalue weighted by Gasteiger charge is -2.30. The largest absolute Gasteiger partial charge is 0.496 e. The van der Waals surface area contributed by atoms with Crippen LogP contribution in [0.3, 0.4) is 0 Å². The average molecular weight is 454 g/mol. The Balaban J connectivity index is 1.81. The normalized spacial score (nSPS) is 15.2. The summed E-state index contributed by atoms with van der Waals surface area (Å²) in [4.78, 5) is 17.3. The van der Waals surface area contributed by atoms with Gasteiger partial charge < -0.3 is 25.8 Å². The number of benzene rings is 2. The number of rotatable bonds is 7. The molecule has 8 nitrogen and oxygen atoms in total. The van der Waals surface area contributed by atoms with Crippen LogP contribution in [0.15, 0.2) is 102 Å². The molecule has 4 rings (SSSR count). The Morgan fingerprint density at radius 3 is 2.62 bits per heavy atom. The third-order valence-electron chi connectivity index (χ3n) is 5.33. The van der Waals surface area contributed by atoms with E-state index in [2.05, 4.69) is 21.7 Å². The summed E-state index contributed by atoms with van der Waals surface area (Å²) in [6.07, 6.45) is 3.40. The fourth-order valence-corrected chi connectivity index (χ4v) is 3.70. The second-order valence-electron chi connectivity index (χ2n) is 7.44. The summed E-state index contributed by atoms with van der Waals surface area (Å²) in [7, 11) is 1.55. The van der Waals surface area contributed by atoms with Crippen LogP contribution in [0.2, 0.25) is 0 Å². The Kier molecular flexibility index (Phi) is 6.75. The lowest BCUT2D eigenvalue weighted by Crippen LogP contribution is -2.36. The number of nitrogens with zero attached hydrogens (tertiary/aromatic N) is 2. The van der Waals surface area contributed by atoms with Gasteiger partial charge in [-0.25, -0.2) is 0 Å². The third kappa shape index (κ3) is 4.69. The highest BCUT2D eigenvalue weighted by Crippen LogP contribution is 2.41. The molecule has 0 saturated heterocycles. The smallest absolute Gasteiger partial charge is 0.255 e. The second-order valence-corrected chi connectivity index (χ2v) is 7.44. The van der Waals surface area contributed by atoms with Crippen molar-refractivity contribution in [1.82, 2.24) is 15.6 Å². The molecule has 2 heterocycles. The molecule has 1 aromatic heterocycles. The Morgan fingerprint density at radius 2 is 1.91 bits per heavy atom. The molecule has 0 aliphatic carbocycles. The Morgan fingerprint density at radius 1 is 1.15 bits per heavy atom. The van der Waals surface area contributed by atoms with E-state index in [0.29, 0.717) is 29.1 Å². The SMILES string of the molecule is COc1ccccc1C1C(C#N)=C(N)OC(NCc2cccnc2)=C1NC(=O)c1ccccc1. The zero-order valence-electron chi connectivity index (χ0n) is 18.5. The lowest BCUT2D eigenvalue weighted by molar-refractivity contribution is 0.0957. The number of methoxy groups -OCH3 is 1. The molecule has 1 unspecified atom stereocenters. The minimum atomic E-state index is -0.723. The highest BCUT2D eigenvalue weighted by molar-refractivity contribution is 5.95. The van der Waals surface area contributed by atoms with Crippen LogP contribution < -0.4 is 21.1 Å². The molecule has 1 aliphatic heterocycles. The lowest BCUT2D eigenvalue weighted by atomic mass is 9.86. The Bertz CT molecular complexity index is 1280. The number of pyridine rings is 1. The summed E-state index contributed by atoms with van der Waals surface area (Å²) in [6, 6.07) is 21.9. The molecule has 0 fully saturated rings. The van der Waals surface area contributed by atoms with Crippen molar-refractivity contribution >= 4 is 5.91 Å². The summed E-state index contributed by atoms with van der Waals surface area (Å²) in [5.41, 5.74) is 8.71. The van der Waals surface area contributed by atoms with Crippen molar-refractivity contribution in [1.29, 1.82) is 5.26 Å². The van der Waals surface area contributed by atoms with Crippen molar-refractivity contribution in [3.8, 4) is 11.8 Å². The van der Waals surface area contributed by atoms with Crippen molar-refractivity contribution in [3.63, 3.8) is 0 Å². The molecule has 34 heavy (non-hydrogen) atoms. The van der Waals surface area contributed by atoms with E-state index in [0.717, 1.165) is 5.56 Å². The number of amides is 1. The number of ether oxygens (including phenoxy) is 2. The fraction of sp³-hybridized carbons (Fsp3) is 0.115. The number of carbonyl (C=O) groups is 1. The van der Waals surface area contributed by atoms with E-state index in [1.807, 2.05) is 36.4 Å². The van der Waals surface area contributed by atoms with E-state index in [4.69, 9.17) is 15.2 Å². The molecule has 8 heteroatoms. The van der Waals surface area contributed by atoms with Gasteiger partial charge in [0.15, 0.2) is 0 Å². The minimum absolute atomic E-state index is 0.0511. The van der Waals surface area contributed by atoms with Crippen LogP contribution in [0.5, 0.6) is 5.75 Å². The number of hydrogen-bond donors (Lipinski definition) is 3. The van der Waals surface area contributed by atoms with Crippen LogP contribution in [0.1, 0.15) is 27.4 Å². The number of hydrogen-bond acceptors (Lipinski definition) is 7. The zero-order chi connectivity index (χ0) is 23.9. The zero-order valence-corrected chi connectivity index (χ0v) is 18.5. The van der Waals surface area contributed by atoms with E-state index in [1.54, 1.807) is 49.8 Å². The van der Waals surface area contributed by atoms with Gasteiger partial charge in [-0.15, -0.1) is 0 Å². The molecule has 0 radical (unpaired) electrons. The number of allylic oxidation sites excluding steroid dienone is 1. The van der Waals surface area contributed by atoms with Gasteiger partial charge in [-0.05, 0) is 29.8 Å². The van der Waals surface area contributed by atoms with E-state index in [1.165, 1.54) is 0 Å². The summed E-state index contributed by atoms with van der Waals surface area (Å²) in [5.74, 6) is -0.338. The first kappa shape index (κ1) is 22.4. The summed E-state index contributed by atoms with van der Waals surface area (Å²) in [5, 5.41) is 16.1. The second kappa shape index (κ2) is 10.2. The van der Waals surface area contributed by atoms with Crippen molar-refractivity contribution in [3.05, 3.63) is 119 Å². The van der Waals surface area contributed by atoms with Crippen LogP contribution >= 0.6 is 0 Å². The number of carbonyl (C=O) groups excluding carboxylic acids is 1. The molecule has 0 saturated carbocycles. The van der Waals surface area contributed by atoms with E-state index < -0.39 is 5.92 Å². The monoisotopic (exact) mass is 453 g/mol. The molecule has 0 bridgehead atoms. The molecule has 1 atom stereocenters. The molecule has 1 amide bonds.